The van der Waals surface area contributed by atoms with E-state index in [9.17, 15) is 9.59 Å². The van der Waals surface area contributed by atoms with E-state index in [1.54, 1.807) is 36.2 Å². The van der Waals surface area contributed by atoms with Gasteiger partial charge >= 0.3 is 0 Å². The predicted octanol–water partition coefficient (Wildman–Crippen LogP) is 0.955. The minimum absolute atomic E-state index is 0.0536. The smallest absolute Gasteiger partial charge is 0.234 e. The molecule has 1 aromatic carbocycles. The van der Waals surface area contributed by atoms with Gasteiger partial charge in [-0.05, 0) is 32.2 Å². The molecule has 2 amide bonds. The highest BCUT2D eigenvalue weighted by molar-refractivity contribution is 5.91. The molecule has 0 unspecified atom stereocenters. The molecule has 21 heavy (non-hydrogen) atoms. The Labute approximate surface area is 124 Å². The molecule has 0 aliphatic carbocycles. The third-order valence-electron chi connectivity index (χ3n) is 2.78. The van der Waals surface area contributed by atoms with Crippen molar-refractivity contribution in [3.63, 3.8) is 0 Å². The van der Waals surface area contributed by atoms with Crippen molar-refractivity contribution in [2.45, 2.75) is 13.3 Å². The van der Waals surface area contributed by atoms with Crippen LogP contribution in [-0.2, 0) is 9.59 Å². The Hall–Kier alpha value is -2.39. The first-order chi connectivity index (χ1) is 10.0. The fourth-order valence-corrected chi connectivity index (χ4v) is 1.76. The standard InChI is InChI=1S/C15H20N4O2/c1-3-17-15(21)11-19(2)8-7-14(20)18-13-6-4-5-12(9-13)10-16/h4-6,9H,3,7-8,11H2,1-2H3,(H,17,21)(H,18,20). The fourth-order valence-electron chi connectivity index (χ4n) is 1.76. The maximum Gasteiger partial charge on any atom is 0.234 e. The molecule has 0 spiro atoms. The van der Waals surface area contributed by atoms with Gasteiger partial charge in [-0.2, -0.15) is 5.26 Å². The number of likely N-dealkylation sites (N-methyl/N-ethyl adjacent to an activating group) is 2. The summed E-state index contributed by atoms with van der Waals surface area (Å²) in [5, 5.41) is 14.2. The van der Waals surface area contributed by atoms with Crippen molar-refractivity contribution in [3.05, 3.63) is 29.8 Å². The second-order valence-corrected chi connectivity index (χ2v) is 4.68. The van der Waals surface area contributed by atoms with Gasteiger partial charge in [0.2, 0.25) is 11.8 Å². The molecule has 2 N–H and O–H groups in total. The van der Waals surface area contributed by atoms with E-state index in [1.807, 2.05) is 13.0 Å². The summed E-state index contributed by atoms with van der Waals surface area (Å²) in [5.41, 5.74) is 1.10. The topological polar surface area (TPSA) is 85.2 Å². The summed E-state index contributed by atoms with van der Waals surface area (Å²) in [6.07, 6.45) is 0.284. The van der Waals surface area contributed by atoms with Crippen molar-refractivity contribution in [1.29, 1.82) is 5.26 Å². The van der Waals surface area contributed by atoms with Crippen molar-refractivity contribution in [2.75, 3.05) is 32.0 Å². The second-order valence-electron chi connectivity index (χ2n) is 4.68. The van der Waals surface area contributed by atoms with Crippen LogP contribution in [0.3, 0.4) is 0 Å². The number of amides is 2. The van der Waals surface area contributed by atoms with Gasteiger partial charge < -0.3 is 10.6 Å². The zero-order valence-corrected chi connectivity index (χ0v) is 12.3. The number of nitriles is 1. The molecule has 0 saturated heterocycles. The number of nitrogens with zero attached hydrogens (tertiary/aromatic N) is 2. The van der Waals surface area contributed by atoms with Gasteiger partial charge in [-0.1, -0.05) is 6.07 Å². The minimum atomic E-state index is -0.146. The van der Waals surface area contributed by atoms with E-state index < -0.39 is 0 Å². The largest absolute Gasteiger partial charge is 0.355 e. The molecule has 112 valence electrons. The zero-order valence-electron chi connectivity index (χ0n) is 12.3. The highest BCUT2D eigenvalue weighted by Gasteiger charge is 2.08. The summed E-state index contributed by atoms with van der Waals surface area (Å²) in [7, 11) is 1.79. The summed E-state index contributed by atoms with van der Waals surface area (Å²) < 4.78 is 0. The molecule has 0 heterocycles. The van der Waals surface area contributed by atoms with Crippen molar-refractivity contribution in [2.24, 2.45) is 0 Å². The van der Waals surface area contributed by atoms with Gasteiger partial charge in [-0.15, -0.1) is 0 Å². The Morgan fingerprint density at radius 2 is 2.10 bits per heavy atom. The maximum absolute atomic E-state index is 11.8. The number of carbonyl (C=O) groups is 2. The lowest BCUT2D eigenvalue weighted by Crippen LogP contribution is -2.36. The van der Waals surface area contributed by atoms with Crippen molar-refractivity contribution in [1.82, 2.24) is 10.2 Å². The number of hydrogen-bond donors (Lipinski definition) is 2. The molecule has 0 bridgehead atoms. The van der Waals surface area contributed by atoms with E-state index in [2.05, 4.69) is 10.6 Å². The minimum Gasteiger partial charge on any atom is -0.355 e. The third-order valence-corrected chi connectivity index (χ3v) is 2.78. The number of carbonyl (C=O) groups excluding carboxylic acids is 2. The Balaban J connectivity index is 2.37. The molecule has 6 heteroatoms. The molecule has 1 aromatic rings. The van der Waals surface area contributed by atoms with Crippen LogP contribution in [0.25, 0.3) is 0 Å². The van der Waals surface area contributed by atoms with E-state index in [1.165, 1.54) is 0 Å². The van der Waals surface area contributed by atoms with Crippen LogP contribution in [0, 0.1) is 11.3 Å². The van der Waals surface area contributed by atoms with Crippen LogP contribution in [-0.4, -0.2) is 43.4 Å². The Bertz CT molecular complexity index is 537. The average Bonchev–Trinajstić information content (AvgIpc) is 2.45. The Kier molecular flexibility index (Phi) is 6.92. The van der Waals surface area contributed by atoms with Crippen LogP contribution in [0.1, 0.15) is 18.9 Å². The zero-order chi connectivity index (χ0) is 15.7. The number of anilines is 1. The molecule has 0 saturated carbocycles. The highest BCUT2D eigenvalue weighted by atomic mass is 16.2. The number of rotatable bonds is 7. The van der Waals surface area contributed by atoms with Crippen LogP contribution in [0.15, 0.2) is 24.3 Å². The van der Waals surface area contributed by atoms with Crippen LogP contribution in [0.2, 0.25) is 0 Å². The van der Waals surface area contributed by atoms with Crippen LogP contribution < -0.4 is 10.6 Å². The van der Waals surface area contributed by atoms with E-state index in [0.29, 0.717) is 24.3 Å². The van der Waals surface area contributed by atoms with E-state index in [4.69, 9.17) is 5.26 Å². The van der Waals surface area contributed by atoms with Gasteiger partial charge in [0.15, 0.2) is 0 Å². The summed E-state index contributed by atoms with van der Waals surface area (Å²) in [6, 6.07) is 8.77. The Morgan fingerprint density at radius 3 is 2.76 bits per heavy atom. The summed E-state index contributed by atoms with van der Waals surface area (Å²) in [4.78, 5) is 25.0. The highest BCUT2D eigenvalue weighted by Crippen LogP contribution is 2.09. The van der Waals surface area contributed by atoms with E-state index >= 15 is 0 Å². The van der Waals surface area contributed by atoms with Gasteiger partial charge in [-0.3, -0.25) is 14.5 Å². The second kappa shape index (κ2) is 8.72. The molecule has 0 aliphatic heterocycles. The molecule has 0 radical (unpaired) electrons. The van der Waals surface area contributed by atoms with Crippen LogP contribution in [0.4, 0.5) is 5.69 Å². The number of benzene rings is 1. The van der Waals surface area contributed by atoms with Crippen molar-refractivity contribution < 1.29 is 9.59 Å². The maximum atomic E-state index is 11.8. The van der Waals surface area contributed by atoms with Crippen LogP contribution >= 0.6 is 0 Å². The van der Waals surface area contributed by atoms with Gasteiger partial charge in [0.05, 0.1) is 18.2 Å². The lowest BCUT2D eigenvalue weighted by Gasteiger charge is -2.15. The first kappa shape index (κ1) is 16.7. The predicted molar refractivity (Wildman–Crippen MR) is 80.6 cm³/mol. The van der Waals surface area contributed by atoms with E-state index in [0.717, 1.165) is 0 Å². The van der Waals surface area contributed by atoms with Crippen LogP contribution in [0.5, 0.6) is 0 Å². The molecule has 0 atom stereocenters. The third kappa shape index (κ3) is 6.54. The molecule has 0 fully saturated rings. The molecule has 6 nitrogen and oxygen atoms in total. The number of hydrogen-bond acceptors (Lipinski definition) is 4. The summed E-state index contributed by atoms with van der Waals surface area (Å²) >= 11 is 0. The lowest BCUT2D eigenvalue weighted by molar-refractivity contribution is -0.122. The first-order valence-corrected chi connectivity index (χ1v) is 6.80. The van der Waals surface area contributed by atoms with E-state index in [-0.39, 0.29) is 24.8 Å². The molecular weight excluding hydrogens is 268 g/mol. The average molecular weight is 288 g/mol. The Morgan fingerprint density at radius 1 is 1.33 bits per heavy atom. The van der Waals surface area contributed by atoms with Crippen molar-refractivity contribution in [3.8, 4) is 6.07 Å². The summed E-state index contributed by atoms with van der Waals surface area (Å²) in [5.74, 6) is -0.199. The van der Waals surface area contributed by atoms with Gasteiger partial charge in [0.1, 0.15) is 0 Å². The molecule has 0 aliphatic rings. The molecular formula is C15H20N4O2. The fraction of sp³-hybridized carbons (Fsp3) is 0.400. The lowest BCUT2D eigenvalue weighted by atomic mass is 10.2. The molecule has 0 aromatic heterocycles. The van der Waals surface area contributed by atoms with Gasteiger partial charge in [0.25, 0.3) is 0 Å². The monoisotopic (exact) mass is 288 g/mol. The van der Waals surface area contributed by atoms with Crippen molar-refractivity contribution >= 4 is 17.5 Å². The number of nitrogens with one attached hydrogen (secondary N) is 2. The summed E-state index contributed by atoms with van der Waals surface area (Å²) in [6.45, 7) is 3.22. The normalized spacial score (nSPS) is 10.0. The SMILES string of the molecule is CCNC(=O)CN(C)CCC(=O)Nc1cccc(C#N)c1. The quantitative estimate of drug-likeness (QED) is 0.782. The molecule has 1 rings (SSSR count). The first-order valence-electron chi connectivity index (χ1n) is 6.80. The van der Waals surface area contributed by atoms with Gasteiger partial charge in [0, 0.05) is 25.2 Å². The van der Waals surface area contributed by atoms with Gasteiger partial charge in [-0.25, -0.2) is 0 Å².